The Morgan fingerprint density at radius 1 is 0.788 bits per heavy atom. The van der Waals surface area contributed by atoms with Crippen molar-refractivity contribution in [1.29, 1.82) is 0 Å². The first-order chi connectivity index (χ1) is 16.2. The molecule has 3 aromatic rings. The van der Waals surface area contributed by atoms with Crippen molar-refractivity contribution in [1.82, 2.24) is 0 Å². The standard InChI is InChI=1S/C30H34O2S/c1-4-5-6-7-8-9-10-11-23-26-18-20(2)12-14-24(26)25-15-13-22(19-27(23)25)30-29-28(21(3)33-30)31-16-17-32-29/h11-15,18-19H,4-10,16-17H2,1-3H3/b23-11-. The van der Waals surface area contributed by atoms with E-state index in [1.807, 2.05) is 0 Å². The number of aryl methyl sites for hydroxylation is 2. The van der Waals surface area contributed by atoms with E-state index in [2.05, 4.69) is 63.2 Å². The van der Waals surface area contributed by atoms with Crippen LogP contribution >= 0.6 is 11.3 Å². The number of fused-ring (bicyclic) bond motifs is 4. The average molecular weight is 459 g/mol. The Hall–Kier alpha value is -2.52. The van der Waals surface area contributed by atoms with Gasteiger partial charge in [-0.05, 0) is 66.1 Å². The monoisotopic (exact) mass is 458 g/mol. The maximum Gasteiger partial charge on any atom is 0.180 e. The Kier molecular flexibility index (Phi) is 6.59. The molecule has 0 unspecified atom stereocenters. The molecule has 172 valence electrons. The number of allylic oxidation sites excluding steroid dienone is 1. The van der Waals surface area contributed by atoms with Crippen molar-refractivity contribution in [3.63, 3.8) is 0 Å². The van der Waals surface area contributed by atoms with E-state index >= 15 is 0 Å². The van der Waals surface area contributed by atoms with E-state index in [-0.39, 0.29) is 0 Å². The summed E-state index contributed by atoms with van der Waals surface area (Å²) >= 11 is 1.78. The predicted octanol–water partition coefficient (Wildman–Crippen LogP) is 8.97. The fourth-order valence-electron chi connectivity index (χ4n) is 5.08. The largest absolute Gasteiger partial charge is 0.485 e. The molecule has 3 heteroatoms. The fourth-order valence-corrected chi connectivity index (χ4v) is 6.12. The van der Waals surface area contributed by atoms with Crippen molar-refractivity contribution in [2.45, 2.75) is 65.7 Å². The van der Waals surface area contributed by atoms with Crippen LogP contribution in [0.5, 0.6) is 11.5 Å². The first-order valence-electron chi connectivity index (χ1n) is 12.5. The van der Waals surface area contributed by atoms with Gasteiger partial charge in [0, 0.05) is 4.88 Å². The summed E-state index contributed by atoms with van der Waals surface area (Å²) in [5, 5.41) is 0. The SMILES string of the molecule is CCCCCCCC/C=C1/c2cc(C)ccc2-c2ccc(-c3sc(C)c4c3OCCO4)cc21. The molecule has 1 aliphatic heterocycles. The molecule has 0 fully saturated rings. The minimum Gasteiger partial charge on any atom is -0.485 e. The smallest absolute Gasteiger partial charge is 0.180 e. The van der Waals surface area contributed by atoms with Crippen molar-refractivity contribution < 1.29 is 9.47 Å². The number of unbranched alkanes of at least 4 members (excludes halogenated alkanes) is 6. The first-order valence-corrected chi connectivity index (χ1v) is 13.3. The summed E-state index contributed by atoms with van der Waals surface area (Å²) in [6.45, 7) is 7.85. The van der Waals surface area contributed by atoms with E-state index < -0.39 is 0 Å². The van der Waals surface area contributed by atoms with Gasteiger partial charge >= 0.3 is 0 Å². The van der Waals surface area contributed by atoms with Crippen molar-refractivity contribution in [3.8, 4) is 33.1 Å². The van der Waals surface area contributed by atoms with Gasteiger partial charge in [0.05, 0.1) is 4.88 Å². The highest BCUT2D eigenvalue weighted by atomic mass is 32.1. The highest BCUT2D eigenvalue weighted by molar-refractivity contribution is 7.16. The van der Waals surface area contributed by atoms with Crippen LogP contribution in [0.25, 0.3) is 27.1 Å². The highest BCUT2D eigenvalue weighted by Crippen LogP contribution is 2.51. The highest BCUT2D eigenvalue weighted by Gasteiger charge is 2.27. The van der Waals surface area contributed by atoms with Crippen LogP contribution in [0, 0.1) is 13.8 Å². The molecule has 0 bridgehead atoms. The second-order valence-electron chi connectivity index (χ2n) is 9.33. The van der Waals surface area contributed by atoms with Crippen molar-refractivity contribution in [2.75, 3.05) is 13.2 Å². The zero-order valence-corrected chi connectivity index (χ0v) is 20.9. The lowest BCUT2D eigenvalue weighted by Gasteiger charge is -2.17. The van der Waals surface area contributed by atoms with Crippen molar-refractivity contribution >= 4 is 16.9 Å². The summed E-state index contributed by atoms with van der Waals surface area (Å²) in [4.78, 5) is 2.38. The van der Waals surface area contributed by atoms with E-state index in [9.17, 15) is 0 Å². The summed E-state index contributed by atoms with van der Waals surface area (Å²) in [6.07, 6.45) is 11.6. The molecule has 2 aliphatic rings. The molecule has 0 spiro atoms. The van der Waals surface area contributed by atoms with E-state index in [4.69, 9.17) is 9.47 Å². The minimum absolute atomic E-state index is 0.620. The topological polar surface area (TPSA) is 18.5 Å². The molecule has 2 aromatic carbocycles. The van der Waals surface area contributed by atoms with Gasteiger partial charge in [0.15, 0.2) is 11.5 Å². The lowest BCUT2D eigenvalue weighted by Crippen LogP contribution is -2.14. The molecular formula is C30H34O2S. The van der Waals surface area contributed by atoms with Gasteiger partial charge in [-0.1, -0.05) is 81.0 Å². The average Bonchev–Trinajstić information content (AvgIpc) is 3.32. The third kappa shape index (κ3) is 4.36. The van der Waals surface area contributed by atoms with Gasteiger partial charge in [-0.25, -0.2) is 0 Å². The van der Waals surface area contributed by atoms with Crippen LogP contribution in [0.4, 0.5) is 0 Å². The normalized spacial score (nSPS) is 15.1. The summed E-state index contributed by atoms with van der Waals surface area (Å²) < 4.78 is 12.0. The summed E-state index contributed by atoms with van der Waals surface area (Å²) in [7, 11) is 0. The van der Waals surface area contributed by atoms with Gasteiger partial charge in [-0.3, -0.25) is 0 Å². The Labute approximate surface area is 202 Å². The third-order valence-electron chi connectivity index (χ3n) is 6.80. The molecule has 5 rings (SSSR count). The zero-order chi connectivity index (χ0) is 22.8. The molecule has 1 aliphatic carbocycles. The zero-order valence-electron chi connectivity index (χ0n) is 20.1. The Morgan fingerprint density at radius 2 is 1.48 bits per heavy atom. The maximum absolute atomic E-state index is 6.04. The minimum atomic E-state index is 0.620. The molecule has 0 amide bonds. The number of benzene rings is 2. The van der Waals surface area contributed by atoms with E-state index in [1.54, 1.807) is 11.3 Å². The van der Waals surface area contributed by atoms with Crippen LogP contribution in [0.3, 0.4) is 0 Å². The van der Waals surface area contributed by atoms with Crippen LogP contribution in [0.2, 0.25) is 0 Å². The second kappa shape index (κ2) is 9.77. The fraction of sp³-hybridized carbons (Fsp3) is 0.400. The lowest BCUT2D eigenvalue weighted by molar-refractivity contribution is 0.173. The molecule has 0 saturated heterocycles. The number of hydrogen-bond acceptors (Lipinski definition) is 3. The van der Waals surface area contributed by atoms with Gasteiger partial charge in [0.2, 0.25) is 0 Å². The Balaban J connectivity index is 1.47. The van der Waals surface area contributed by atoms with Crippen LogP contribution < -0.4 is 9.47 Å². The van der Waals surface area contributed by atoms with Crippen LogP contribution in [0.15, 0.2) is 42.5 Å². The summed E-state index contributed by atoms with van der Waals surface area (Å²) in [6, 6.07) is 13.8. The van der Waals surface area contributed by atoms with Crippen molar-refractivity contribution in [3.05, 3.63) is 64.0 Å². The molecule has 33 heavy (non-hydrogen) atoms. The first kappa shape index (κ1) is 22.3. The van der Waals surface area contributed by atoms with E-state index in [1.165, 1.54) is 87.2 Å². The maximum atomic E-state index is 6.04. The molecular weight excluding hydrogens is 424 g/mol. The number of thiophene rings is 1. The molecule has 0 atom stereocenters. The lowest BCUT2D eigenvalue weighted by atomic mass is 9.98. The molecule has 0 radical (unpaired) electrons. The predicted molar refractivity (Wildman–Crippen MR) is 141 cm³/mol. The molecule has 2 heterocycles. The van der Waals surface area contributed by atoms with Gasteiger partial charge < -0.3 is 9.47 Å². The van der Waals surface area contributed by atoms with Gasteiger partial charge in [-0.15, -0.1) is 11.3 Å². The Bertz CT molecular complexity index is 1180. The van der Waals surface area contributed by atoms with Gasteiger partial charge in [0.1, 0.15) is 13.2 Å². The number of rotatable bonds is 8. The quantitative estimate of drug-likeness (QED) is 0.245. The molecule has 0 saturated carbocycles. The van der Waals surface area contributed by atoms with Crippen molar-refractivity contribution in [2.24, 2.45) is 0 Å². The van der Waals surface area contributed by atoms with Crippen LogP contribution in [0.1, 0.15) is 73.4 Å². The number of ether oxygens (including phenoxy) is 2. The second-order valence-corrected chi connectivity index (χ2v) is 10.6. The van der Waals surface area contributed by atoms with Crippen LogP contribution in [-0.2, 0) is 0 Å². The number of hydrogen-bond donors (Lipinski definition) is 0. The molecule has 0 N–H and O–H groups in total. The summed E-state index contributed by atoms with van der Waals surface area (Å²) in [5.74, 6) is 1.85. The van der Waals surface area contributed by atoms with Gasteiger partial charge in [0.25, 0.3) is 0 Å². The molecule has 2 nitrogen and oxygen atoms in total. The molecule has 1 aromatic heterocycles. The van der Waals surface area contributed by atoms with Gasteiger partial charge in [-0.2, -0.15) is 0 Å². The van der Waals surface area contributed by atoms with E-state index in [0.29, 0.717) is 13.2 Å². The third-order valence-corrected chi connectivity index (χ3v) is 7.91. The summed E-state index contributed by atoms with van der Waals surface area (Å²) in [5.41, 5.74) is 9.40. The van der Waals surface area contributed by atoms with Crippen LogP contribution in [-0.4, -0.2) is 13.2 Å². The van der Waals surface area contributed by atoms with E-state index in [0.717, 1.165) is 17.9 Å². The Morgan fingerprint density at radius 3 is 2.30 bits per heavy atom.